The van der Waals surface area contributed by atoms with Gasteiger partial charge in [0, 0.05) is 18.7 Å². The van der Waals surface area contributed by atoms with Crippen LogP contribution in [0.15, 0.2) is 41.0 Å². The average Bonchev–Trinajstić information content (AvgIpc) is 3.28. The van der Waals surface area contributed by atoms with Crippen LogP contribution in [-0.2, 0) is 16.1 Å². The second-order valence-electron chi connectivity index (χ2n) is 7.49. The molecule has 2 aromatic heterocycles. The Morgan fingerprint density at radius 3 is 2.78 bits per heavy atom. The van der Waals surface area contributed by atoms with E-state index in [2.05, 4.69) is 31.3 Å². The van der Waals surface area contributed by atoms with Crippen molar-refractivity contribution in [3.8, 4) is 5.75 Å². The quantitative estimate of drug-likeness (QED) is 0.408. The molecule has 1 aliphatic rings. The molecule has 166 valence electrons. The highest BCUT2D eigenvalue weighted by molar-refractivity contribution is 9.10. The molecule has 0 aliphatic carbocycles. The maximum atomic E-state index is 14.2. The molecule has 11 heteroatoms. The number of carbonyl (C=O) groups excluding carboxylic acids is 3. The van der Waals surface area contributed by atoms with Gasteiger partial charge in [0.05, 0.1) is 12.1 Å². The lowest BCUT2D eigenvalue weighted by Gasteiger charge is -2.23. The van der Waals surface area contributed by atoms with Crippen LogP contribution in [0.2, 0.25) is 0 Å². The van der Waals surface area contributed by atoms with Crippen LogP contribution in [-0.4, -0.2) is 61.1 Å². The molecule has 0 spiro atoms. The minimum Gasteiger partial charge on any atom is -0.508 e. The van der Waals surface area contributed by atoms with Gasteiger partial charge in [0.1, 0.15) is 40.6 Å². The molecule has 1 aromatic carbocycles. The summed E-state index contributed by atoms with van der Waals surface area (Å²) in [5.74, 6) is -1.13. The van der Waals surface area contributed by atoms with Crippen molar-refractivity contribution in [3.05, 3.63) is 46.7 Å². The molecule has 4 rings (SSSR count). The molecule has 3 aromatic rings. The molecule has 1 aliphatic heterocycles. The number of phenols is 1. The van der Waals surface area contributed by atoms with Gasteiger partial charge in [-0.3, -0.25) is 19.1 Å². The van der Waals surface area contributed by atoms with Crippen LogP contribution in [0.1, 0.15) is 23.8 Å². The molecular formula is C21H19BrFN5O4. The summed E-state index contributed by atoms with van der Waals surface area (Å²) in [6.45, 7) is 0.824. The Bertz CT molecular complexity index is 1230. The van der Waals surface area contributed by atoms with Crippen molar-refractivity contribution < 1.29 is 23.9 Å². The number of carbonyl (C=O) groups is 3. The Morgan fingerprint density at radius 1 is 1.28 bits per heavy atom. The zero-order valence-corrected chi connectivity index (χ0v) is 18.5. The van der Waals surface area contributed by atoms with Crippen LogP contribution >= 0.6 is 15.9 Å². The summed E-state index contributed by atoms with van der Waals surface area (Å²) in [7, 11) is 0. The van der Waals surface area contributed by atoms with Crippen molar-refractivity contribution in [1.82, 2.24) is 19.7 Å². The topological polar surface area (TPSA) is 117 Å². The number of benzene rings is 1. The largest absolute Gasteiger partial charge is 0.508 e. The maximum Gasteiger partial charge on any atom is 0.248 e. The molecule has 3 heterocycles. The number of phenolic OH excluding ortho intramolecular Hbond substituents is 1. The molecule has 2 amide bonds. The van der Waals surface area contributed by atoms with Crippen LogP contribution in [0.4, 0.5) is 10.2 Å². The van der Waals surface area contributed by atoms with E-state index < -0.39 is 24.0 Å². The number of rotatable bonds is 5. The number of anilines is 1. The van der Waals surface area contributed by atoms with Gasteiger partial charge in [-0.15, -0.1) is 0 Å². The Kier molecular flexibility index (Phi) is 5.92. The van der Waals surface area contributed by atoms with Gasteiger partial charge in [-0.1, -0.05) is 6.07 Å². The predicted octanol–water partition coefficient (Wildman–Crippen LogP) is 2.68. The third-order valence-corrected chi connectivity index (χ3v) is 5.63. The average molecular weight is 504 g/mol. The Balaban J connectivity index is 1.57. The summed E-state index contributed by atoms with van der Waals surface area (Å²) in [6.07, 6.45) is -1.47. The Morgan fingerprint density at radius 2 is 2.06 bits per heavy atom. The second-order valence-corrected chi connectivity index (χ2v) is 8.31. The number of aromatic nitrogens is 3. The fourth-order valence-electron chi connectivity index (χ4n) is 3.76. The van der Waals surface area contributed by atoms with Crippen LogP contribution in [0, 0.1) is 0 Å². The van der Waals surface area contributed by atoms with E-state index in [-0.39, 0.29) is 42.6 Å². The first-order chi connectivity index (χ1) is 15.2. The maximum absolute atomic E-state index is 14.2. The summed E-state index contributed by atoms with van der Waals surface area (Å²) in [4.78, 5) is 43.0. The molecule has 2 N–H and O–H groups in total. The van der Waals surface area contributed by atoms with E-state index in [1.165, 1.54) is 28.6 Å². The highest BCUT2D eigenvalue weighted by Gasteiger charge is 2.40. The van der Waals surface area contributed by atoms with E-state index in [9.17, 15) is 23.9 Å². The molecule has 0 unspecified atom stereocenters. The minimum absolute atomic E-state index is 0.0383. The summed E-state index contributed by atoms with van der Waals surface area (Å²) in [6, 6.07) is 8.33. The zero-order valence-electron chi connectivity index (χ0n) is 17.0. The number of hydrogen-bond acceptors (Lipinski definition) is 6. The van der Waals surface area contributed by atoms with Crippen molar-refractivity contribution in [2.75, 3.05) is 11.9 Å². The smallest absolute Gasteiger partial charge is 0.248 e. The van der Waals surface area contributed by atoms with Crippen molar-refractivity contribution in [1.29, 1.82) is 0 Å². The molecule has 9 nitrogen and oxygen atoms in total. The standard InChI is InChI=1S/C21H19BrFN5O4/c1-11(29)20-14-8-13(30)5-6-15(14)28(26-20)10-19(31)27-9-12(23)7-16(27)21(32)25-18-4-2-3-17(22)24-18/h2-6,8,12,16,30H,7,9-10H2,1H3,(H,24,25,32)/t12-,16+/m1/s1. The van der Waals surface area contributed by atoms with Crippen molar-refractivity contribution in [2.45, 2.75) is 32.1 Å². The first-order valence-corrected chi connectivity index (χ1v) is 10.6. The fraction of sp³-hybridized carbons (Fsp3) is 0.286. The third-order valence-electron chi connectivity index (χ3n) is 5.19. The van der Waals surface area contributed by atoms with Gasteiger partial charge in [0.2, 0.25) is 11.8 Å². The van der Waals surface area contributed by atoms with Crippen LogP contribution < -0.4 is 5.32 Å². The SMILES string of the molecule is CC(=O)c1nn(CC(=O)N2C[C@H](F)C[C@H]2C(=O)Nc2cccc(Br)n2)c2ccc(O)cc12. The number of nitrogens with zero attached hydrogens (tertiary/aromatic N) is 4. The molecular weight excluding hydrogens is 485 g/mol. The summed E-state index contributed by atoms with van der Waals surface area (Å²) in [5.41, 5.74) is 0.584. The van der Waals surface area contributed by atoms with Gasteiger partial charge >= 0.3 is 0 Å². The first kappa shape index (κ1) is 21.9. The predicted molar refractivity (Wildman–Crippen MR) is 117 cm³/mol. The van der Waals surface area contributed by atoms with Gasteiger partial charge in [-0.2, -0.15) is 5.10 Å². The van der Waals surface area contributed by atoms with E-state index >= 15 is 0 Å². The number of pyridine rings is 1. The number of fused-ring (bicyclic) bond motifs is 1. The molecule has 32 heavy (non-hydrogen) atoms. The van der Waals surface area contributed by atoms with Crippen LogP contribution in [0.3, 0.4) is 0 Å². The van der Waals surface area contributed by atoms with Crippen LogP contribution in [0.5, 0.6) is 5.75 Å². The number of nitrogens with one attached hydrogen (secondary N) is 1. The summed E-state index contributed by atoms with van der Waals surface area (Å²) < 4.78 is 16.0. The van der Waals surface area contributed by atoms with Crippen molar-refractivity contribution in [2.24, 2.45) is 0 Å². The normalized spacial score (nSPS) is 18.2. The third kappa shape index (κ3) is 4.33. The first-order valence-electron chi connectivity index (χ1n) is 9.80. The summed E-state index contributed by atoms with van der Waals surface area (Å²) >= 11 is 3.22. The minimum atomic E-state index is -1.34. The number of alkyl halides is 1. The molecule has 0 bridgehead atoms. The molecule has 1 fully saturated rings. The lowest BCUT2D eigenvalue weighted by atomic mass is 10.1. The van der Waals surface area contributed by atoms with Gasteiger partial charge in [-0.25, -0.2) is 9.37 Å². The Labute approximate surface area is 190 Å². The molecule has 1 saturated heterocycles. The number of halogens is 2. The number of Topliss-reactive ketones (excluding diaryl/α,β-unsaturated/α-hetero) is 1. The highest BCUT2D eigenvalue weighted by atomic mass is 79.9. The van der Waals surface area contributed by atoms with Gasteiger partial charge in [0.25, 0.3) is 0 Å². The highest BCUT2D eigenvalue weighted by Crippen LogP contribution is 2.26. The van der Waals surface area contributed by atoms with Crippen molar-refractivity contribution in [3.63, 3.8) is 0 Å². The lowest BCUT2D eigenvalue weighted by molar-refractivity contribution is -0.137. The lowest BCUT2D eigenvalue weighted by Crippen LogP contribution is -2.44. The van der Waals surface area contributed by atoms with E-state index in [0.717, 1.165) is 0 Å². The zero-order chi connectivity index (χ0) is 23.0. The van der Waals surface area contributed by atoms with E-state index in [4.69, 9.17) is 0 Å². The van der Waals surface area contributed by atoms with Gasteiger partial charge in [0.15, 0.2) is 5.78 Å². The summed E-state index contributed by atoms with van der Waals surface area (Å²) in [5, 5.41) is 17.0. The van der Waals surface area contributed by atoms with E-state index in [1.807, 2.05) is 0 Å². The number of aromatic hydroxyl groups is 1. The number of amides is 2. The molecule has 2 atom stereocenters. The van der Waals surface area contributed by atoms with E-state index in [0.29, 0.717) is 15.5 Å². The van der Waals surface area contributed by atoms with E-state index in [1.54, 1.807) is 24.3 Å². The second kappa shape index (κ2) is 8.65. The van der Waals surface area contributed by atoms with Gasteiger partial charge < -0.3 is 15.3 Å². The number of ketones is 1. The van der Waals surface area contributed by atoms with Gasteiger partial charge in [-0.05, 0) is 46.3 Å². The molecule has 0 radical (unpaired) electrons. The van der Waals surface area contributed by atoms with Crippen molar-refractivity contribution >= 4 is 50.2 Å². The fourth-order valence-corrected chi connectivity index (χ4v) is 4.11. The van der Waals surface area contributed by atoms with Crippen LogP contribution in [0.25, 0.3) is 10.9 Å². The number of likely N-dealkylation sites (tertiary alicyclic amines) is 1. The number of hydrogen-bond donors (Lipinski definition) is 2. The Hall–Kier alpha value is -3.34. The molecule has 0 saturated carbocycles. The monoisotopic (exact) mass is 503 g/mol.